The number of benzene rings is 1. The number of nitrogens with zero attached hydrogens (tertiary/aromatic N) is 4. The molecular weight excluding hydrogens is 456 g/mol. The topological polar surface area (TPSA) is 157 Å². The molecule has 170 valence electrons. The van der Waals surface area contributed by atoms with Crippen LogP contribution >= 0.6 is 11.8 Å². The first kappa shape index (κ1) is 21.2. The molecule has 3 aromatic rings. The van der Waals surface area contributed by atoms with E-state index in [2.05, 4.69) is 25.2 Å². The molecule has 3 heterocycles. The van der Waals surface area contributed by atoms with Gasteiger partial charge in [-0.15, -0.1) is 0 Å². The van der Waals surface area contributed by atoms with Crippen LogP contribution in [0.2, 0.25) is 0 Å². The standard InChI is InChI=1S/C19H22N6O5S2/c20-17-16-18(23-10-22-17)25(4-1-5-30-32(21,26)27)19(24-16)31-15-9-14-13(28-6-7-29-14)8-12(15)11-2-3-11/h8-11H,1-7H2,(H2,20,22,23)(H2,21,26,27). The normalized spacial score (nSPS) is 15.9. The SMILES string of the molecule is Nc1ncnc2c1nc(Sc1cc3c(cc1C1CC1)OCCO3)n2CCCOS(N)(=O)=O. The summed E-state index contributed by atoms with van der Waals surface area (Å²) in [5.74, 6) is 2.25. The molecule has 32 heavy (non-hydrogen) atoms. The van der Waals surface area contributed by atoms with Crippen LogP contribution < -0.4 is 20.3 Å². The number of fused-ring (bicyclic) bond motifs is 2. The predicted molar refractivity (Wildman–Crippen MR) is 117 cm³/mol. The van der Waals surface area contributed by atoms with Crippen LogP contribution in [0, 0.1) is 0 Å². The van der Waals surface area contributed by atoms with Crippen molar-refractivity contribution in [3.63, 3.8) is 0 Å². The minimum atomic E-state index is -3.99. The first-order valence-corrected chi connectivity index (χ1v) is 12.4. The lowest BCUT2D eigenvalue weighted by Crippen LogP contribution is -2.17. The van der Waals surface area contributed by atoms with Gasteiger partial charge in [0.05, 0.1) is 6.61 Å². The number of aromatic nitrogens is 4. The van der Waals surface area contributed by atoms with Gasteiger partial charge >= 0.3 is 10.3 Å². The van der Waals surface area contributed by atoms with Crippen molar-refractivity contribution >= 4 is 39.0 Å². The Morgan fingerprint density at radius 2 is 1.94 bits per heavy atom. The highest BCUT2D eigenvalue weighted by molar-refractivity contribution is 7.99. The Hall–Kier alpha value is -2.61. The van der Waals surface area contributed by atoms with Gasteiger partial charge in [-0.25, -0.2) is 20.1 Å². The van der Waals surface area contributed by atoms with Gasteiger partial charge in [-0.1, -0.05) is 11.8 Å². The fourth-order valence-electron chi connectivity index (χ4n) is 3.60. The van der Waals surface area contributed by atoms with Crippen LogP contribution in [0.1, 0.15) is 30.7 Å². The number of nitrogen functional groups attached to an aromatic ring is 1. The van der Waals surface area contributed by atoms with Crippen LogP contribution in [-0.4, -0.2) is 47.8 Å². The summed E-state index contributed by atoms with van der Waals surface area (Å²) in [7, 11) is -3.99. The van der Waals surface area contributed by atoms with E-state index in [0.717, 1.165) is 23.5 Å². The van der Waals surface area contributed by atoms with Gasteiger partial charge < -0.3 is 19.8 Å². The third kappa shape index (κ3) is 4.46. The lowest BCUT2D eigenvalue weighted by molar-refractivity contribution is 0.171. The molecule has 4 N–H and O–H groups in total. The van der Waals surface area contributed by atoms with E-state index in [-0.39, 0.29) is 12.4 Å². The number of nitrogens with two attached hydrogens (primary N) is 2. The Morgan fingerprint density at radius 1 is 1.19 bits per heavy atom. The van der Waals surface area contributed by atoms with Gasteiger partial charge in [-0.3, -0.25) is 4.18 Å². The van der Waals surface area contributed by atoms with Crippen molar-refractivity contribution in [1.82, 2.24) is 19.5 Å². The van der Waals surface area contributed by atoms with Crippen molar-refractivity contribution in [3.8, 4) is 11.5 Å². The fourth-order valence-corrected chi connectivity index (χ4v) is 5.08. The average Bonchev–Trinajstić information content (AvgIpc) is 3.53. The van der Waals surface area contributed by atoms with E-state index >= 15 is 0 Å². The first-order chi connectivity index (χ1) is 15.4. The molecular formula is C19H22N6O5S2. The van der Waals surface area contributed by atoms with Gasteiger partial charge in [-0.2, -0.15) is 8.42 Å². The molecule has 5 rings (SSSR count). The number of ether oxygens (including phenoxy) is 2. The van der Waals surface area contributed by atoms with Crippen molar-refractivity contribution in [2.75, 3.05) is 25.6 Å². The number of hydrogen-bond donors (Lipinski definition) is 2. The minimum absolute atomic E-state index is 0.0550. The lowest BCUT2D eigenvalue weighted by atomic mass is 10.1. The van der Waals surface area contributed by atoms with E-state index in [0.29, 0.717) is 54.2 Å². The third-order valence-electron chi connectivity index (χ3n) is 5.19. The summed E-state index contributed by atoms with van der Waals surface area (Å²) < 4.78 is 40.2. The minimum Gasteiger partial charge on any atom is -0.486 e. The number of hydrogen-bond acceptors (Lipinski definition) is 10. The van der Waals surface area contributed by atoms with E-state index in [4.69, 9.17) is 20.3 Å². The Labute approximate surface area is 188 Å². The Kier molecular flexibility index (Phi) is 5.57. The summed E-state index contributed by atoms with van der Waals surface area (Å²) in [4.78, 5) is 14.1. The molecule has 1 aromatic carbocycles. The molecule has 0 amide bonds. The van der Waals surface area contributed by atoms with Gasteiger partial charge in [0.15, 0.2) is 33.6 Å². The smallest absolute Gasteiger partial charge is 0.333 e. The molecule has 0 saturated heterocycles. The van der Waals surface area contributed by atoms with Gasteiger partial charge in [0.25, 0.3) is 0 Å². The monoisotopic (exact) mass is 478 g/mol. The second-order valence-electron chi connectivity index (χ2n) is 7.56. The predicted octanol–water partition coefficient (Wildman–Crippen LogP) is 1.82. The van der Waals surface area contributed by atoms with Crippen molar-refractivity contribution in [2.45, 2.75) is 41.8 Å². The quantitative estimate of drug-likeness (QED) is 0.457. The van der Waals surface area contributed by atoms with Crippen molar-refractivity contribution in [2.24, 2.45) is 5.14 Å². The van der Waals surface area contributed by atoms with E-state index < -0.39 is 10.3 Å². The number of imidazole rings is 1. The fraction of sp³-hybridized carbons (Fsp3) is 0.421. The maximum Gasteiger partial charge on any atom is 0.333 e. The maximum atomic E-state index is 11.1. The van der Waals surface area contributed by atoms with Crippen LogP contribution in [0.25, 0.3) is 11.2 Å². The number of rotatable bonds is 8. The van der Waals surface area contributed by atoms with Crippen molar-refractivity contribution in [3.05, 3.63) is 24.0 Å². The Bertz CT molecular complexity index is 1270. The summed E-state index contributed by atoms with van der Waals surface area (Å²) in [6.07, 6.45) is 4.03. The number of anilines is 1. The van der Waals surface area contributed by atoms with E-state index in [1.54, 1.807) is 0 Å². The first-order valence-electron chi connectivity index (χ1n) is 10.1. The van der Waals surface area contributed by atoms with Crippen LogP contribution in [0.15, 0.2) is 28.5 Å². The zero-order valence-electron chi connectivity index (χ0n) is 17.1. The van der Waals surface area contributed by atoms with Crippen LogP contribution in [0.4, 0.5) is 5.82 Å². The highest BCUT2D eigenvalue weighted by atomic mass is 32.2. The molecule has 13 heteroatoms. The molecule has 0 unspecified atom stereocenters. The molecule has 1 saturated carbocycles. The van der Waals surface area contributed by atoms with Gasteiger partial charge in [0, 0.05) is 11.4 Å². The largest absolute Gasteiger partial charge is 0.486 e. The maximum absolute atomic E-state index is 11.1. The molecule has 0 spiro atoms. The molecule has 11 nitrogen and oxygen atoms in total. The highest BCUT2D eigenvalue weighted by Crippen LogP contribution is 2.49. The van der Waals surface area contributed by atoms with Crippen LogP contribution in [-0.2, 0) is 21.0 Å². The zero-order chi connectivity index (χ0) is 22.3. The van der Waals surface area contributed by atoms with Gasteiger partial charge in [0.1, 0.15) is 19.5 Å². The summed E-state index contributed by atoms with van der Waals surface area (Å²) in [5, 5.41) is 5.58. The molecule has 2 aromatic heterocycles. The molecule has 0 atom stereocenters. The number of aryl methyl sites for hydroxylation is 1. The van der Waals surface area contributed by atoms with Gasteiger partial charge in [0.2, 0.25) is 0 Å². The van der Waals surface area contributed by atoms with E-state index in [9.17, 15) is 8.42 Å². The lowest BCUT2D eigenvalue weighted by Gasteiger charge is -2.21. The van der Waals surface area contributed by atoms with Crippen LogP contribution in [0.3, 0.4) is 0 Å². The second kappa shape index (κ2) is 8.39. The summed E-state index contributed by atoms with van der Waals surface area (Å²) in [6.45, 7) is 1.40. The Balaban J connectivity index is 1.49. The third-order valence-corrected chi connectivity index (χ3v) is 6.75. The van der Waals surface area contributed by atoms with Crippen molar-refractivity contribution in [1.29, 1.82) is 0 Å². The molecule has 1 aliphatic heterocycles. The Morgan fingerprint density at radius 3 is 2.66 bits per heavy atom. The molecule has 0 bridgehead atoms. The van der Waals surface area contributed by atoms with E-state index in [1.807, 2.05) is 10.6 Å². The molecule has 1 aliphatic carbocycles. The highest BCUT2D eigenvalue weighted by Gasteiger charge is 2.30. The molecule has 1 fully saturated rings. The zero-order valence-corrected chi connectivity index (χ0v) is 18.7. The second-order valence-corrected chi connectivity index (χ2v) is 9.79. The average molecular weight is 479 g/mol. The molecule has 0 radical (unpaired) electrons. The summed E-state index contributed by atoms with van der Waals surface area (Å²) in [5.41, 5.74) is 8.30. The molecule has 2 aliphatic rings. The summed E-state index contributed by atoms with van der Waals surface area (Å²) in [6, 6.07) is 4.06. The van der Waals surface area contributed by atoms with Crippen molar-refractivity contribution < 1.29 is 22.1 Å². The van der Waals surface area contributed by atoms with Gasteiger partial charge in [-0.05, 0) is 42.9 Å². The van der Waals surface area contributed by atoms with E-state index in [1.165, 1.54) is 23.7 Å². The summed E-state index contributed by atoms with van der Waals surface area (Å²) >= 11 is 1.49. The van der Waals surface area contributed by atoms with Crippen LogP contribution in [0.5, 0.6) is 11.5 Å².